The average molecular weight is 284 g/mol. The summed E-state index contributed by atoms with van der Waals surface area (Å²) in [6.45, 7) is 3.47. The predicted molar refractivity (Wildman–Crippen MR) is 68.0 cm³/mol. The van der Waals surface area contributed by atoms with Crippen LogP contribution in [0, 0.1) is 10.1 Å². The summed E-state index contributed by atoms with van der Waals surface area (Å²) >= 11 is 0. The van der Waals surface area contributed by atoms with Crippen LogP contribution in [0.1, 0.15) is 20.3 Å². The van der Waals surface area contributed by atoms with E-state index in [4.69, 9.17) is 5.11 Å². The molecule has 1 N–H and O–H groups in total. The zero-order chi connectivity index (χ0) is 15.3. The monoisotopic (exact) mass is 284 g/mol. The van der Waals surface area contributed by atoms with Crippen molar-refractivity contribution < 1.29 is 19.6 Å². The Morgan fingerprint density at radius 2 is 2.20 bits per heavy atom. The predicted octanol–water partition coefficient (Wildman–Crippen LogP) is 0.503. The van der Waals surface area contributed by atoms with Crippen molar-refractivity contribution in [1.82, 2.24) is 14.7 Å². The van der Waals surface area contributed by atoms with Crippen LogP contribution in [0.2, 0.25) is 0 Å². The van der Waals surface area contributed by atoms with E-state index < -0.39 is 10.9 Å². The van der Waals surface area contributed by atoms with Crippen LogP contribution < -0.4 is 0 Å². The molecule has 0 radical (unpaired) electrons. The minimum absolute atomic E-state index is 0.0925. The van der Waals surface area contributed by atoms with E-state index in [2.05, 4.69) is 5.10 Å². The van der Waals surface area contributed by atoms with Crippen LogP contribution in [0.4, 0.5) is 5.82 Å². The Bertz CT molecular complexity index is 511. The molecule has 0 atom stereocenters. The number of hydrogen-bond acceptors (Lipinski definition) is 5. The lowest BCUT2D eigenvalue weighted by Gasteiger charge is -2.25. The van der Waals surface area contributed by atoms with E-state index in [1.807, 2.05) is 0 Å². The van der Waals surface area contributed by atoms with Crippen molar-refractivity contribution in [2.45, 2.75) is 32.9 Å². The Balaban J connectivity index is 2.69. The minimum atomic E-state index is -0.988. The van der Waals surface area contributed by atoms with Crippen molar-refractivity contribution in [2.75, 3.05) is 6.54 Å². The lowest BCUT2D eigenvalue weighted by molar-refractivity contribution is -0.389. The van der Waals surface area contributed by atoms with Crippen molar-refractivity contribution in [3.8, 4) is 0 Å². The number of rotatable bonds is 7. The summed E-state index contributed by atoms with van der Waals surface area (Å²) in [4.78, 5) is 33.8. The molecule has 9 nitrogen and oxygen atoms in total. The quantitative estimate of drug-likeness (QED) is 0.575. The summed E-state index contributed by atoms with van der Waals surface area (Å²) in [5.41, 5.74) is 0. The zero-order valence-electron chi connectivity index (χ0n) is 11.2. The smallest absolute Gasteiger partial charge is 0.389 e. The number of carbonyl (C=O) groups excluding carboxylic acids is 1. The fourth-order valence-corrected chi connectivity index (χ4v) is 1.65. The van der Waals surface area contributed by atoms with Crippen LogP contribution in [0.5, 0.6) is 0 Å². The summed E-state index contributed by atoms with van der Waals surface area (Å²) in [6, 6.07) is 1.04. The van der Waals surface area contributed by atoms with Gasteiger partial charge in [0.1, 0.15) is 6.54 Å². The molecule has 0 aliphatic rings. The maximum atomic E-state index is 12.0. The van der Waals surface area contributed by atoms with Crippen LogP contribution >= 0.6 is 0 Å². The molecular formula is C11H16N4O5. The average Bonchev–Trinajstić information content (AvgIpc) is 2.76. The van der Waals surface area contributed by atoms with Crippen LogP contribution in [-0.4, -0.2) is 49.2 Å². The van der Waals surface area contributed by atoms with Crippen molar-refractivity contribution in [1.29, 1.82) is 0 Å². The summed E-state index contributed by atoms with van der Waals surface area (Å²) in [6.07, 6.45) is 1.19. The Labute approximate surface area is 114 Å². The van der Waals surface area contributed by atoms with Gasteiger partial charge in [-0.1, -0.05) is 0 Å². The molecule has 0 aromatic carbocycles. The van der Waals surface area contributed by atoms with E-state index in [-0.39, 0.29) is 37.3 Å². The van der Waals surface area contributed by atoms with E-state index in [1.54, 1.807) is 13.8 Å². The van der Waals surface area contributed by atoms with Gasteiger partial charge < -0.3 is 20.1 Å². The van der Waals surface area contributed by atoms with Gasteiger partial charge in [-0.2, -0.15) is 4.68 Å². The number of nitrogens with zero attached hydrogens (tertiary/aromatic N) is 4. The van der Waals surface area contributed by atoms with Gasteiger partial charge in [0, 0.05) is 12.6 Å². The summed E-state index contributed by atoms with van der Waals surface area (Å²) in [7, 11) is 0. The number of carbonyl (C=O) groups is 2. The second-order valence-electron chi connectivity index (χ2n) is 4.45. The molecular weight excluding hydrogens is 268 g/mol. The van der Waals surface area contributed by atoms with Gasteiger partial charge in [0.25, 0.3) is 0 Å². The maximum Gasteiger partial charge on any atom is 0.389 e. The van der Waals surface area contributed by atoms with Gasteiger partial charge in [0.15, 0.2) is 0 Å². The van der Waals surface area contributed by atoms with E-state index in [0.717, 1.165) is 4.68 Å². The number of aliphatic carboxylic acids is 1. The molecule has 0 spiro atoms. The molecule has 0 aliphatic heterocycles. The van der Waals surface area contributed by atoms with Gasteiger partial charge >= 0.3 is 11.8 Å². The highest BCUT2D eigenvalue weighted by molar-refractivity contribution is 5.77. The van der Waals surface area contributed by atoms with Gasteiger partial charge in [-0.3, -0.25) is 9.59 Å². The van der Waals surface area contributed by atoms with E-state index in [9.17, 15) is 19.7 Å². The summed E-state index contributed by atoms with van der Waals surface area (Å²) < 4.78 is 1.16. The van der Waals surface area contributed by atoms with Gasteiger partial charge in [-0.15, -0.1) is 0 Å². The van der Waals surface area contributed by atoms with Crippen LogP contribution in [0.15, 0.2) is 12.3 Å². The molecule has 0 bridgehead atoms. The number of aromatic nitrogens is 2. The number of amides is 1. The van der Waals surface area contributed by atoms with Gasteiger partial charge in [-0.05, 0) is 18.8 Å². The van der Waals surface area contributed by atoms with Crippen LogP contribution in [0.25, 0.3) is 0 Å². The standard InChI is InChI=1S/C11H16N4O5/c1-8(2)14(6-4-11(17)18)10(16)7-13-5-3-9(12-13)15(19)20/h3,5,8H,4,6-7H2,1-2H3,(H,17,18). The lowest BCUT2D eigenvalue weighted by atomic mass is 10.2. The van der Waals surface area contributed by atoms with Crippen molar-refractivity contribution in [3.05, 3.63) is 22.4 Å². The van der Waals surface area contributed by atoms with Crippen molar-refractivity contribution in [2.24, 2.45) is 0 Å². The van der Waals surface area contributed by atoms with Crippen LogP contribution in [0.3, 0.4) is 0 Å². The first-order valence-corrected chi connectivity index (χ1v) is 6.00. The molecule has 110 valence electrons. The maximum absolute atomic E-state index is 12.0. The second kappa shape index (κ2) is 6.64. The van der Waals surface area contributed by atoms with E-state index >= 15 is 0 Å². The highest BCUT2D eigenvalue weighted by Gasteiger charge is 2.20. The number of hydrogen-bond donors (Lipinski definition) is 1. The summed E-state index contributed by atoms with van der Waals surface area (Å²) in [5.74, 6) is -1.66. The minimum Gasteiger partial charge on any atom is -0.481 e. The lowest BCUT2D eigenvalue weighted by Crippen LogP contribution is -2.40. The SMILES string of the molecule is CC(C)N(CCC(=O)O)C(=O)Cn1ccc([N+](=O)[O-])n1. The molecule has 0 fully saturated rings. The molecule has 0 unspecified atom stereocenters. The third kappa shape index (κ3) is 4.34. The topological polar surface area (TPSA) is 119 Å². The van der Waals surface area contributed by atoms with E-state index in [0.29, 0.717) is 0 Å². The fourth-order valence-electron chi connectivity index (χ4n) is 1.65. The first-order valence-electron chi connectivity index (χ1n) is 6.00. The third-order valence-corrected chi connectivity index (χ3v) is 2.62. The van der Waals surface area contributed by atoms with Gasteiger partial charge in [-0.25, -0.2) is 0 Å². The van der Waals surface area contributed by atoms with Gasteiger partial charge in [0.05, 0.1) is 23.8 Å². The first-order chi connectivity index (χ1) is 9.31. The third-order valence-electron chi connectivity index (χ3n) is 2.62. The molecule has 1 amide bonds. The van der Waals surface area contributed by atoms with E-state index in [1.165, 1.54) is 17.2 Å². The van der Waals surface area contributed by atoms with Gasteiger partial charge in [0.2, 0.25) is 5.91 Å². The number of carboxylic acids is 1. The van der Waals surface area contributed by atoms with Crippen molar-refractivity contribution >= 4 is 17.7 Å². The molecule has 0 saturated carbocycles. The number of nitro groups is 1. The molecule has 1 aromatic heterocycles. The fraction of sp³-hybridized carbons (Fsp3) is 0.545. The Hall–Kier alpha value is -2.45. The Morgan fingerprint density at radius 1 is 1.55 bits per heavy atom. The van der Waals surface area contributed by atoms with Crippen molar-refractivity contribution in [3.63, 3.8) is 0 Å². The molecule has 1 heterocycles. The molecule has 1 rings (SSSR count). The Kier molecular flexibility index (Phi) is 5.18. The normalized spacial score (nSPS) is 10.6. The highest BCUT2D eigenvalue weighted by atomic mass is 16.6. The molecule has 1 aromatic rings. The molecule has 20 heavy (non-hydrogen) atoms. The largest absolute Gasteiger partial charge is 0.481 e. The Morgan fingerprint density at radius 3 is 2.65 bits per heavy atom. The first kappa shape index (κ1) is 15.6. The highest BCUT2D eigenvalue weighted by Crippen LogP contribution is 2.07. The second-order valence-corrected chi connectivity index (χ2v) is 4.45. The summed E-state index contributed by atoms with van der Waals surface area (Å²) in [5, 5.41) is 22.8. The molecule has 0 aliphatic carbocycles. The zero-order valence-corrected chi connectivity index (χ0v) is 11.2. The molecule has 9 heteroatoms. The molecule has 0 saturated heterocycles. The van der Waals surface area contributed by atoms with Crippen LogP contribution in [-0.2, 0) is 16.1 Å². The number of carboxylic acid groups (broad SMARTS) is 1.